The van der Waals surface area contributed by atoms with Gasteiger partial charge < -0.3 is 15.7 Å². The van der Waals surface area contributed by atoms with Crippen LogP contribution in [-0.4, -0.2) is 39.6 Å². The zero-order valence-electron chi connectivity index (χ0n) is 10.8. The molecule has 0 bridgehead atoms. The summed E-state index contributed by atoms with van der Waals surface area (Å²) in [5, 5.41) is 9.99. The van der Waals surface area contributed by atoms with Crippen molar-refractivity contribution in [1.29, 1.82) is 0 Å². The van der Waals surface area contributed by atoms with Gasteiger partial charge >= 0.3 is 0 Å². The highest BCUT2D eigenvalue weighted by Gasteiger charge is 2.35. The number of nitrogens with zero attached hydrogens (tertiary/aromatic N) is 1. The summed E-state index contributed by atoms with van der Waals surface area (Å²) in [5.74, 6) is -0.377. The lowest BCUT2D eigenvalue weighted by Gasteiger charge is -2.38. The van der Waals surface area contributed by atoms with Crippen LogP contribution < -0.4 is 5.73 Å². The van der Waals surface area contributed by atoms with Crippen LogP contribution in [0.3, 0.4) is 0 Å². The maximum atomic E-state index is 12.3. The molecule has 0 aliphatic carbocycles. The maximum Gasteiger partial charge on any atom is 0.232 e. The van der Waals surface area contributed by atoms with Gasteiger partial charge in [-0.2, -0.15) is 0 Å². The Kier molecular flexibility index (Phi) is 4.49. The minimum Gasteiger partial charge on any atom is -0.393 e. The first-order chi connectivity index (χ1) is 7.74. The Morgan fingerprint density at radius 3 is 2.53 bits per heavy atom. The van der Waals surface area contributed by atoms with Crippen molar-refractivity contribution < 1.29 is 9.90 Å². The number of carbonyl (C=O) groups excluding carboxylic acids is 1. The Bertz CT molecular complexity index is 316. The van der Waals surface area contributed by atoms with E-state index in [9.17, 15) is 9.90 Å². The van der Waals surface area contributed by atoms with Crippen LogP contribution in [0.2, 0.25) is 0 Å². The van der Waals surface area contributed by atoms with Gasteiger partial charge in [0.15, 0.2) is 0 Å². The Labute approximate surface area is 108 Å². The molecule has 98 valence electrons. The third-order valence-corrected chi connectivity index (χ3v) is 3.48. The van der Waals surface area contributed by atoms with Crippen LogP contribution in [-0.2, 0) is 4.79 Å². The number of thiocarbonyl (C=S) groups is 1. The van der Waals surface area contributed by atoms with Crippen molar-refractivity contribution in [3.05, 3.63) is 0 Å². The molecule has 5 heteroatoms. The molecule has 1 fully saturated rings. The summed E-state index contributed by atoms with van der Waals surface area (Å²) in [5.41, 5.74) is 4.85. The molecule has 0 radical (unpaired) electrons. The molecule has 1 aliphatic rings. The quantitative estimate of drug-likeness (QED) is 0.739. The number of likely N-dealkylation sites (tertiary alicyclic amines) is 1. The van der Waals surface area contributed by atoms with Gasteiger partial charge in [-0.1, -0.05) is 26.1 Å². The number of aliphatic hydroxyl groups is 1. The van der Waals surface area contributed by atoms with Crippen LogP contribution in [0.25, 0.3) is 0 Å². The fraction of sp³-hybridized carbons (Fsp3) is 0.833. The van der Waals surface area contributed by atoms with Gasteiger partial charge in [-0.3, -0.25) is 4.79 Å². The topological polar surface area (TPSA) is 66.6 Å². The smallest absolute Gasteiger partial charge is 0.232 e. The van der Waals surface area contributed by atoms with Crippen molar-refractivity contribution in [2.45, 2.75) is 39.2 Å². The van der Waals surface area contributed by atoms with Crippen LogP contribution in [0.5, 0.6) is 0 Å². The average molecular weight is 258 g/mol. The van der Waals surface area contributed by atoms with E-state index in [0.717, 1.165) is 12.8 Å². The highest BCUT2D eigenvalue weighted by atomic mass is 32.1. The SMILES string of the molecule is CC(C)C(C(=O)N1CCCC(C)(O)C1)C(N)=S. The third-order valence-electron chi connectivity index (χ3n) is 3.23. The van der Waals surface area contributed by atoms with E-state index in [2.05, 4.69) is 0 Å². The lowest BCUT2D eigenvalue weighted by atomic mass is 9.90. The largest absolute Gasteiger partial charge is 0.393 e. The fourth-order valence-corrected chi connectivity index (χ4v) is 2.71. The van der Waals surface area contributed by atoms with Crippen molar-refractivity contribution in [2.75, 3.05) is 13.1 Å². The number of hydrogen-bond donors (Lipinski definition) is 2. The zero-order chi connectivity index (χ0) is 13.2. The Morgan fingerprint density at radius 2 is 2.12 bits per heavy atom. The molecule has 1 heterocycles. The minimum atomic E-state index is -0.786. The number of β-amino-alcohol motifs (C(OH)–C–C–N with tert-alkyl or cyclic N) is 1. The molecule has 3 N–H and O–H groups in total. The Morgan fingerprint density at radius 1 is 1.53 bits per heavy atom. The van der Waals surface area contributed by atoms with Gasteiger partial charge in [-0.15, -0.1) is 0 Å². The monoisotopic (exact) mass is 258 g/mol. The molecule has 1 rings (SSSR count). The second kappa shape index (κ2) is 5.31. The van der Waals surface area contributed by atoms with Crippen molar-refractivity contribution in [3.63, 3.8) is 0 Å². The summed E-state index contributed by atoms with van der Waals surface area (Å²) >= 11 is 4.96. The Hall–Kier alpha value is -0.680. The van der Waals surface area contributed by atoms with Gasteiger partial charge in [0.2, 0.25) is 5.91 Å². The standard InChI is InChI=1S/C12H22N2O2S/c1-8(2)9(10(13)17)11(15)14-6-4-5-12(3,16)7-14/h8-9,16H,4-7H2,1-3H3,(H2,13,17). The average Bonchev–Trinajstić information content (AvgIpc) is 2.14. The van der Waals surface area contributed by atoms with E-state index in [4.69, 9.17) is 18.0 Å². The van der Waals surface area contributed by atoms with Crippen LogP contribution in [0.4, 0.5) is 0 Å². The van der Waals surface area contributed by atoms with Gasteiger partial charge in [-0.25, -0.2) is 0 Å². The second-order valence-corrected chi connectivity index (χ2v) is 5.96. The molecule has 1 amide bonds. The first-order valence-corrected chi connectivity index (χ1v) is 6.46. The number of nitrogens with two attached hydrogens (primary N) is 1. The van der Waals surface area contributed by atoms with E-state index in [1.54, 1.807) is 11.8 Å². The fourth-order valence-electron chi connectivity index (χ4n) is 2.34. The van der Waals surface area contributed by atoms with E-state index in [1.807, 2.05) is 13.8 Å². The number of amides is 1. The molecule has 0 aromatic rings. The lowest BCUT2D eigenvalue weighted by Crippen LogP contribution is -2.52. The van der Waals surface area contributed by atoms with E-state index in [0.29, 0.717) is 13.1 Å². The molecule has 4 nitrogen and oxygen atoms in total. The van der Waals surface area contributed by atoms with Crippen LogP contribution in [0.15, 0.2) is 0 Å². The normalized spacial score (nSPS) is 27.0. The highest BCUT2D eigenvalue weighted by Crippen LogP contribution is 2.23. The molecule has 0 spiro atoms. The number of piperidine rings is 1. The van der Waals surface area contributed by atoms with Crippen molar-refractivity contribution in [3.8, 4) is 0 Å². The maximum absolute atomic E-state index is 12.3. The highest BCUT2D eigenvalue weighted by molar-refractivity contribution is 7.80. The summed E-state index contributed by atoms with van der Waals surface area (Å²) in [4.78, 5) is 14.2. The predicted octanol–water partition coefficient (Wildman–Crippen LogP) is 0.918. The van der Waals surface area contributed by atoms with E-state index >= 15 is 0 Å². The predicted molar refractivity (Wildman–Crippen MR) is 71.6 cm³/mol. The molecule has 1 aliphatic heterocycles. The van der Waals surface area contributed by atoms with Crippen LogP contribution in [0.1, 0.15) is 33.6 Å². The summed E-state index contributed by atoms with van der Waals surface area (Å²) in [7, 11) is 0. The summed E-state index contributed by atoms with van der Waals surface area (Å²) in [6.45, 7) is 6.68. The minimum absolute atomic E-state index is 0.0486. The van der Waals surface area contributed by atoms with E-state index in [-0.39, 0.29) is 16.8 Å². The van der Waals surface area contributed by atoms with Gasteiger partial charge in [-0.05, 0) is 25.7 Å². The van der Waals surface area contributed by atoms with Crippen molar-refractivity contribution >= 4 is 23.1 Å². The Balaban J connectivity index is 2.77. The van der Waals surface area contributed by atoms with E-state index < -0.39 is 11.5 Å². The molecular weight excluding hydrogens is 236 g/mol. The summed E-state index contributed by atoms with van der Waals surface area (Å²) in [6, 6.07) is 0. The summed E-state index contributed by atoms with van der Waals surface area (Å²) in [6.07, 6.45) is 1.55. The number of rotatable bonds is 3. The molecule has 17 heavy (non-hydrogen) atoms. The van der Waals surface area contributed by atoms with E-state index in [1.165, 1.54) is 0 Å². The van der Waals surface area contributed by atoms with Crippen LogP contribution >= 0.6 is 12.2 Å². The van der Waals surface area contributed by atoms with Crippen LogP contribution in [0, 0.1) is 11.8 Å². The van der Waals surface area contributed by atoms with Gasteiger partial charge in [0.25, 0.3) is 0 Å². The van der Waals surface area contributed by atoms with Gasteiger partial charge in [0.05, 0.1) is 16.5 Å². The molecule has 0 aromatic carbocycles. The zero-order valence-corrected chi connectivity index (χ0v) is 11.6. The lowest BCUT2D eigenvalue weighted by molar-refractivity contribution is -0.140. The number of hydrogen-bond acceptors (Lipinski definition) is 3. The summed E-state index contributed by atoms with van der Waals surface area (Å²) < 4.78 is 0. The molecule has 2 unspecified atom stereocenters. The molecule has 1 saturated heterocycles. The first-order valence-electron chi connectivity index (χ1n) is 6.05. The molecule has 2 atom stereocenters. The number of carbonyl (C=O) groups is 1. The first kappa shape index (κ1) is 14.4. The van der Waals surface area contributed by atoms with Gasteiger partial charge in [0.1, 0.15) is 0 Å². The second-order valence-electron chi connectivity index (χ2n) is 5.48. The third kappa shape index (κ3) is 3.64. The van der Waals surface area contributed by atoms with Crippen molar-refractivity contribution in [2.24, 2.45) is 17.6 Å². The van der Waals surface area contributed by atoms with Crippen molar-refractivity contribution in [1.82, 2.24) is 4.90 Å². The molecule has 0 saturated carbocycles. The molecule has 0 aromatic heterocycles. The van der Waals surface area contributed by atoms with Gasteiger partial charge in [0, 0.05) is 13.1 Å². The molecular formula is C12H22N2O2S.